The normalized spacial score (nSPS) is 11.3. The highest BCUT2D eigenvalue weighted by Gasteiger charge is 2.14. The molecular formula is C13H27N6OS+. The molecule has 0 fully saturated rings. The van der Waals surface area contributed by atoms with Gasteiger partial charge in [0.05, 0.1) is 31.9 Å². The average Bonchev–Trinajstić information content (AvgIpc) is 2.82. The first-order chi connectivity index (χ1) is 9.99. The van der Waals surface area contributed by atoms with Crippen molar-refractivity contribution in [3.8, 4) is 0 Å². The van der Waals surface area contributed by atoms with Crippen molar-refractivity contribution in [3.63, 3.8) is 0 Å². The molecular weight excluding hydrogens is 288 g/mol. The third-order valence-corrected chi connectivity index (χ3v) is 4.28. The van der Waals surface area contributed by atoms with E-state index in [-0.39, 0.29) is 11.8 Å². The lowest BCUT2D eigenvalue weighted by Gasteiger charge is -2.15. The Morgan fingerprint density at radius 2 is 2.05 bits per heavy atom. The molecule has 0 saturated carbocycles. The van der Waals surface area contributed by atoms with Gasteiger partial charge in [-0.2, -0.15) is 0 Å². The Hall–Kier alpha value is -1.28. The molecule has 0 aromatic carbocycles. The number of nitrogens with two attached hydrogens (primary N) is 1. The molecule has 7 nitrogen and oxygen atoms in total. The molecule has 120 valence electrons. The molecule has 1 amide bonds. The third-order valence-electron chi connectivity index (χ3n) is 3.34. The maximum atomic E-state index is 11.8. The zero-order chi connectivity index (χ0) is 15.8. The molecule has 21 heavy (non-hydrogen) atoms. The second-order valence-electron chi connectivity index (χ2n) is 5.21. The van der Waals surface area contributed by atoms with Gasteiger partial charge < -0.3 is 16.1 Å². The van der Waals surface area contributed by atoms with Gasteiger partial charge in [-0.15, -0.1) is 10.2 Å². The maximum Gasteiger partial charge on any atom is 0.230 e. The molecule has 1 rings (SSSR count). The van der Waals surface area contributed by atoms with Crippen LogP contribution in [-0.4, -0.2) is 52.7 Å². The summed E-state index contributed by atoms with van der Waals surface area (Å²) in [5.74, 6) is 7.15. The zero-order valence-electron chi connectivity index (χ0n) is 13.3. The fourth-order valence-corrected chi connectivity index (χ4v) is 2.64. The maximum absolute atomic E-state index is 11.8. The SMILES string of the molecule is CC[NH+](CC)CCNC(=O)CSc1nnc(C(C)C)n1N. The van der Waals surface area contributed by atoms with Gasteiger partial charge >= 0.3 is 0 Å². The highest BCUT2D eigenvalue weighted by molar-refractivity contribution is 7.99. The molecule has 1 aromatic heterocycles. The Morgan fingerprint density at radius 3 is 2.57 bits per heavy atom. The molecule has 1 aromatic rings. The molecule has 0 unspecified atom stereocenters. The zero-order valence-corrected chi connectivity index (χ0v) is 14.2. The van der Waals surface area contributed by atoms with E-state index < -0.39 is 0 Å². The summed E-state index contributed by atoms with van der Waals surface area (Å²) >= 11 is 1.31. The minimum atomic E-state index is 0.000605. The van der Waals surface area contributed by atoms with Gasteiger partial charge in [0.2, 0.25) is 11.1 Å². The minimum absolute atomic E-state index is 0.000605. The molecule has 0 saturated heterocycles. The number of carbonyl (C=O) groups is 1. The lowest BCUT2D eigenvalue weighted by Crippen LogP contribution is -3.12. The van der Waals surface area contributed by atoms with Gasteiger partial charge in [0.25, 0.3) is 0 Å². The van der Waals surface area contributed by atoms with Crippen molar-refractivity contribution >= 4 is 17.7 Å². The highest BCUT2D eigenvalue weighted by Crippen LogP contribution is 2.18. The number of nitrogens with zero attached hydrogens (tertiary/aromatic N) is 3. The Morgan fingerprint density at radius 1 is 1.38 bits per heavy atom. The number of likely N-dealkylation sites (N-methyl/N-ethyl adjacent to an activating group) is 1. The van der Waals surface area contributed by atoms with Gasteiger partial charge in [-0.25, -0.2) is 4.68 Å². The Labute approximate surface area is 130 Å². The van der Waals surface area contributed by atoms with E-state index in [1.165, 1.54) is 21.3 Å². The number of carbonyl (C=O) groups excluding carboxylic acids is 1. The molecule has 0 spiro atoms. The summed E-state index contributed by atoms with van der Waals surface area (Å²) in [5, 5.41) is 11.5. The first-order valence-corrected chi connectivity index (χ1v) is 8.41. The van der Waals surface area contributed by atoms with Gasteiger partial charge in [-0.1, -0.05) is 25.6 Å². The van der Waals surface area contributed by atoms with Crippen LogP contribution in [0.2, 0.25) is 0 Å². The molecule has 0 aliphatic carbocycles. The van der Waals surface area contributed by atoms with Crippen LogP contribution in [0.3, 0.4) is 0 Å². The number of amides is 1. The van der Waals surface area contributed by atoms with E-state index in [0.29, 0.717) is 17.5 Å². The summed E-state index contributed by atoms with van der Waals surface area (Å²) < 4.78 is 1.46. The minimum Gasteiger partial charge on any atom is -0.350 e. The smallest absolute Gasteiger partial charge is 0.230 e. The van der Waals surface area contributed by atoms with E-state index in [9.17, 15) is 4.79 Å². The lowest BCUT2D eigenvalue weighted by molar-refractivity contribution is -0.895. The summed E-state index contributed by atoms with van der Waals surface area (Å²) in [6, 6.07) is 0. The van der Waals surface area contributed by atoms with Crippen LogP contribution < -0.4 is 16.1 Å². The first-order valence-electron chi connectivity index (χ1n) is 7.42. The lowest BCUT2D eigenvalue weighted by atomic mass is 10.2. The topological polar surface area (TPSA) is 90.3 Å². The monoisotopic (exact) mass is 315 g/mol. The van der Waals surface area contributed by atoms with Gasteiger partial charge in [0, 0.05) is 5.92 Å². The summed E-state index contributed by atoms with van der Waals surface area (Å²) in [7, 11) is 0. The van der Waals surface area contributed by atoms with E-state index in [2.05, 4.69) is 29.4 Å². The number of quaternary nitrogens is 1. The van der Waals surface area contributed by atoms with Crippen LogP contribution in [-0.2, 0) is 4.79 Å². The molecule has 4 N–H and O–H groups in total. The van der Waals surface area contributed by atoms with Gasteiger partial charge in [0.1, 0.15) is 0 Å². The number of aromatic nitrogens is 3. The number of nitrogen functional groups attached to an aromatic ring is 1. The fraction of sp³-hybridized carbons (Fsp3) is 0.769. The van der Waals surface area contributed by atoms with Crippen LogP contribution in [0.15, 0.2) is 5.16 Å². The van der Waals surface area contributed by atoms with Crippen LogP contribution in [0.4, 0.5) is 0 Å². The summed E-state index contributed by atoms with van der Waals surface area (Å²) in [4.78, 5) is 13.3. The van der Waals surface area contributed by atoms with Crippen molar-refractivity contribution < 1.29 is 9.69 Å². The van der Waals surface area contributed by atoms with E-state index >= 15 is 0 Å². The van der Waals surface area contributed by atoms with Crippen LogP contribution in [0.1, 0.15) is 39.4 Å². The number of nitrogens with one attached hydrogen (secondary N) is 2. The Bertz CT molecular complexity index is 444. The summed E-state index contributed by atoms with van der Waals surface area (Å²) in [5.41, 5.74) is 0. The standard InChI is InChI=1S/C13H26N6OS/c1-5-18(6-2)8-7-15-11(20)9-21-13-17-16-12(10(3)4)19(13)14/h10H,5-9,14H2,1-4H3,(H,15,20)/p+1. The second kappa shape index (κ2) is 8.89. The second-order valence-corrected chi connectivity index (χ2v) is 6.15. The Kier molecular flexibility index (Phi) is 7.52. The van der Waals surface area contributed by atoms with Crippen LogP contribution in [0, 0.1) is 0 Å². The molecule has 0 atom stereocenters. The molecule has 0 radical (unpaired) electrons. The van der Waals surface area contributed by atoms with Crippen molar-refractivity contribution in [2.24, 2.45) is 0 Å². The number of hydrogen-bond acceptors (Lipinski definition) is 5. The Balaban J connectivity index is 2.33. The first kappa shape index (κ1) is 17.8. The summed E-state index contributed by atoms with van der Waals surface area (Å²) in [6.07, 6.45) is 0. The third kappa shape index (κ3) is 5.55. The largest absolute Gasteiger partial charge is 0.350 e. The van der Waals surface area contributed by atoms with Crippen molar-refractivity contribution in [1.29, 1.82) is 0 Å². The number of rotatable bonds is 9. The summed E-state index contributed by atoms with van der Waals surface area (Å²) in [6.45, 7) is 12.1. The van der Waals surface area contributed by atoms with Crippen molar-refractivity contribution in [2.45, 2.75) is 38.8 Å². The van der Waals surface area contributed by atoms with Crippen molar-refractivity contribution in [2.75, 3.05) is 37.8 Å². The van der Waals surface area contributed by atoms with E-state index in [0.717, 1.165) is 25.5 Å². The molecule has 8 heteroatoms. The van der Waals surface area contributed by atoms with Crippen LogP contribution >= 0.6 is 11.8 Å². The fourth-order valence-electron chi connectivity index (χ4n) is 1.94. The van der Waals surface area contributed by atoms with Crippen molar-refractivity contribution in [1.82, 2.24) is 20.2 Å². The predicted molar refractivity (Wildman–Crippen MR) is 84.9 cm³/mol. The molecule has 0 bridgehead atoms. The molecule has 1 heterocycles. The van der Waals surface area contributed by atoms with Gasteiger partial charge in [0.15, 0.2) is 5.82 Å². The van der Waals surface area contributed by atoms with Gasteiger partial charge in [-0.3, -0.25) is 4.79 Å². The quantitative estimate of drug-likeness (QED) is 0.412. The van der Waals surface area contributed by atoms with Crippen LogP contribution in [0.25, 0.3) is 0 Å². The highest BCUT2D eigenvalue weighted by atomic mass is 32.2. The predicted octanol–water partition coefficient (Wildman–Crippen LogP) is -0.752. The van der Waals surface area contributed by atoms with E-state index in [1.807, 2.05) is 13.8 Å². The number of thioether (sulfide) groups is 1. The average molecular weight is 315 g/mol. The van der Waals surface area contributed by atoms with Gasteiger partial charge in [-0.05, 0) is 13.8 Å². The molecule has 0 aliphatic heterocycles. The van der Waals surface area contributed by atoms with Crippen LogP contribution in [0.5, 0.6) is 0 Å². The van der Waals surface area contributed by atoms with E-state index in [4.69, 9.17) is 5.84 Å². The molecule has 0 aliphatic rings. The van der Waals surface area contributed by atoms with E-state index in [1.54, 1.807) is 0 Å². The number of hydrogen-bond donors (Lipinski definition) is 3. The van der Waals surface area contributed by atoms with Crippen molar-refractivity contribution in [3.05, 3.63) is 5.82 Å².